The number of hydrogen-bond acceptors (Lipinski definition) is 3. The van der Waals surface area contributed by atoms with Gasteiger partial charge in [-0.05, 0) is 24.7 Å². The minimum Gasteiger partial charge on any atom is -0.327 e. The van der Waals surface area contributed by atoms with Gasteiger partial charge in [0.1, 0.15) is 0 Å². The molecule has 3 nitrogen and oxygen atoms in total. The lowest BCUT2D eigenvalue weighted by molar-refractivity contribution is 0.165. The van der Waals surface area contributed by atoms with Gasteiger partial charge in [0, 0.05) is 38.3 Å². The molecule has 14 heavy (non-hydrogen) atoms. The molecule has 2 saturated heterocycles. The van der Waals surface area contributed by atoms with Gasteiger partial charge < -0.3 is 11.1 Å². The number of nitrogens with zero attached hydrogens (tertiary/aromatic N) is 1. The van der Waals surface area contributed by atoms with Gasteiger partial charge in [-0.3, -0.25) is 4.90 Å². The third-order valence-electron chi connectivity index (χ3n) is 4.22. The van der Waals surface area contributed by atoms with Crippen LogP contribution in [0.2, 0.25) is 0 Å². The molecule has 0 spiro atoms. The molecule has 2 aliphatic heterocycles. The van der Waals surface area contributed by atoms with Crippen molar-refractivity contribution in [3.63, 3.8) is 0 Å². The molecule has 1 aliphatic carbocycles. The Labute approximate surface area is 91.8 Å². The van der Waals surface area contributed by atoms with E-state index in [9.17, 15) is 0 Å². The Morgan fingerprint density at radius 3 is 2.50 bits per heavy atom. The summed E-state index contributed by atoms with van der Waals surface area (Å²) >= 11 is 0. The molecule has 0 bridgehead atoms. The summed E-state index contributed by atoms with van der Waals surface area (Å²) < 4.78 is 0. The monoisotopic (exact) mass is 217 g/mol. The highest BCUT2D eigenvalue weighted by atomic mass is 35.5. The largest absolute Gasteiger partial charge is 0.327 e. The summed E-state index contributed by atoms with van der Waals surface area (Å²) in [6.07, 6.45) is 2.65. The molecule has 0 aromatic heterocycles. The number of nitrogens with two attached hydrogens (primary N) is 1. The predicted molar refractivity (Wildman–Crippen MR) is 59.7 cm³/mol. The third kappa shape index (κ3) is 1.56. The lowest BCUT2D eigenvalue weighted by Gasteiger charge is -2.36. The number of rotatable bonds is 1. The molecule has 0 aromatic carbocycles. The predicted octanol–water partition coefficient (Wildman–Crippen LogP) is 0.0491. The van der Waals surface area contributed by atoms with Gasteiger partial charge in [-0.25, -0.2) is 0 Å². The standard InChI is InChI=1S/C10H19N3.ClH/c11-10-2-1-7-5-13(6-9(7)10)8-3-12-4-8;/h7-10,12H,1-6,11H2;1H/t7-,9+,10?;/m0./s1. The molecule has 2 heterocycles. The first-order chi connectivity index (χ1) is 6.34. The van der Waals surface area contributed by atoms with Gasteiger partial charge in [0.15, 0.2) is 0 Å². The van der Waals surface area contributed by atoms with Gasteiger partial charge in [0.25, 0.3) is 0 Å². The van der Waals surface area contributed by atoms with Gasteiger partial charge in [0.05, 0.1) is 0 Å². The maximum absolute atomic E-state index is 6.10. The first-order valence-corrected chi connectivity index (χ1v) is 5.55. The lowest BCUT2D eigenvalue weighted by atomic mass is 9.98. The van der Waals surface area contributed by atoms with Crippen molar-refractivity contribution in [2.24, 2.45) is 17.6 Å². The van der Waals surface area contributed by atoms with Crippen molar-refractivity contribution in [3.05, 3.63) is 0 Å². The van der Waals surface area contributed by atoms with Crippen molar-refractivity contribution in [3.8, 4) is 0 Å². The van der Waals surface area contributed by atoms with E-state index in [2.05, 4.69) is 10.2 Å². The van der Waals surface area contributed by atoms with Gasteiger partial charge in [0.2, 0.25) is 0 Å². The van der Waals surface area contributed by atoms with E-state index in [1.807, 2.05) is 0 Å². The smallest absolute Gasteiger partial charge is 0.0345 e. The molecule has 3 rings (SSSR count). The second-order valence-electron chi connectivity index (χ2n) is 4.93. The summed E-state index contributed by atoms with van der Waals surface area (Å²) in [4.78, 5) is 2.66. The van der Waals surface area contributed by atoms with Crippen LogP contribution < -0.4 is 11.1 Å². The molecular weight excluding hydrogens is 198 g/mol. The van der Waals surface area contributed by atoms with Crippen LogP contribution in [0.5, 0.6) is 0 Å². The van der Waals surface area contributed by atoms with E-state index in [4.69, 9.17) is 5.73 Å². The first kappa shape index (κ1) is 10.7. The average Bonchev–Trinajstić information content (AvgIpc) is 2.51. The number of likely N-dealkylation sites (tertiary alicyclic amines) is 1. The van der Waals surface area contributed by atoms with Crippen LogP contribution in [-0.4, -0.2) is 43.2 Å². The molecule has 1 unspecified atom stereocenters. The van der Waals surface area contributed by atoms with Crippen molar-refractivity contribution >= 4 is 12.4 Å². The fourth-order valence-electron chi connectivity index (χ4n) is 3.17. The molecule has 3 N–H and O–H groups in total. The van der Waals surface area contributed by atoms with E-state index in [1.54, 1.807) is 0 Å². The van der Waals surface area contributed by atoms with Crippen LogP contribution in [0, 0.1) is 11.8 Å². The molecule has 0 radical (unpaired) electrons. The maximum atomic E-state index is 6.10. The van der Waals surface area contributed by atoms with Crippen molar-refractivity contribution in [2.45, 2.75) is 24.9 Å². The SMILES string of the molecule is Cl.NC1CC[C@H]2CN(C3CNC3)C[C@@H]12. The Morgan fingerprint density at radius 1 is 1.14 bits per heavy atom. The summed E-state index contributed by atoms with van der Waals surface area (Å²) in [5.41, 5.74) is 6.10. The van der Waals surface area contributed by atoms with Crippen LogP contribution in [0.15, 0.2) is 0 Å². The average molecular weight is 218 g/mol. The summed E-state index contributed by atoms with van der Waals surface area (Å²) in [6.45, 7) is 5.01. The van der Waals surface area contributed by atoms with Crippen LogP contribution in [0.1, 0.15) is 12.8 Å². The van der Waals surface area contributed by atoms with Crippen molar-refractivity contribution in [1.29, 1.82) is 0 Å². The zero-order valence-electron chi connectivity index (χ0n) is 8.48. The van der Waals surface area contributed by atoms with Crippen LogP contribution in [-0.2, 0) is 0 Å². The minimum absolute atomic E-state index is 0. The van der Waals surface area contributed by atoms with Gasteiger partial charge in [-0.2, -0.15) is 0 Å². The van der Waals surface area contributed by atoms with Crippen molar-refractivity contribution in [2.75, 3.05) is 26.2 Å². The summed E-state index contributed by atoms with van der Waals surface area (Å²) in [5, 5.41) is 3.34. The molecule has 82 valence electrons. The minimum atomic E-state index is 0. The number of nitrogens with one attached hydrogen (secondary N) is 1. The fourth-order valence-corrected chi connectivity index (χ4v) is 3.17. The molecule has 1 saturated carbocycles. The number of halogens is 1. The highest BCUT2D eigenvalue weighted by Crippen LogP contribution is 2.38. The molecule has 3 fully saturated rings. The van der Waals surface area contributed by atoms with Crippen molar-refractivity contribution < 1.29 is 0 Å². The van der Waals surface area contributed by atoms with Gasteiger partial charge in [-0.15, -0.1) is 12.4 Å². The fraction of sp³-hybridized carbons (Fsp3) is 1.00. The Morgan fingerprint density at radius 2 is 1.93 bits per heavy atom. The van der Waals surface area contributed by atoms with E-state index < -0.39 is 0 Å². The van der Waals surface area contributed by atoms with E-state index >= 15 is 0 Å². The van der Waals surface area contributed by atoms with E-state index in [1.165, 1.54) is 39.0 Å². The quantitative estimate of drug-likeness (QED) is 0.652. The van der Waals surface area contributed by atoms with Crippen molar-refractivity contribution in [1.82, 2.24) is 10.2 Å². The van der Waals surface area contributed by atoms with Crippen LogP contribution in [0.25, 0.3) is 0 Å². The number of fused-ring (bicyclic) bond motifs is 1. The Hall–Kier alpha value is 0.170. The Balaban J connectivity index is 0.000000750. The first-order valence-electron chi connectivity index (χ1n) is 5.55. The highest BCUT2D eigenvalue weighted by Gasteiger charge is 2.43. The molecule has 4 heteroatoms. The number of hydrogen-bond donors (Lipinski definition) is 2. The topological polar surface area (TPSA) is 41.3 Å². The summed E-state index contributed by atoms with van der Waals surface area (Å²) in [7, 11) is 0. The normalized spacial score (nSPS) is 43.1. The van der Waals surface area contributed by atoms with Crippen LogP contribution >= 0.6 is 12.4 Å². The summed E-state index contributed by atoms with van der Waals surface area (Å²) in [6, 6.07) is 1.33. The highest BCUT2D eigenvalue weighted by molar-refractivity contribution is 5.85. The molecule has 3 atom stereocenters. The summed E-state index contributed by atoms with van der Waals surface area (Å²) in [5.74, 6) is 1.75. The molecule has 0 amide bonds. The molecular formula is C10H20ClN3. The zero-order valence-corrected chi connectivity index (χ0v) is 9.30. The Kier molecular flexibility index (Phi) is 3.03. The van der Waals surface area contributed by atoms with Crippen LogP contribution in [0.3, 0.4) is 0 Å². The second-order valence-corrected chi connectivity index (χ2v) is 4.93. The second kappa shape index (κ2) is 3.97. The van der Waals surface area contributed by atoms with Crippen LogP contribution in [0.4, 0.5) is 0 Å². The maximum Gasteiger partial charge on any atom is 0.0345 e. The van der Waals surface area contributed by atoms with E-state index in [-0.39, 0.29) is 12.4 Å². The Bertz CT molecular complexity index is 208. The molecule has 0 aromatic rings. The van der Waals surface area contributed by atoms with E-state index in [0.717, 1.165) is 17.9 Å². The van der Waals surface area contributed by atoms with E-state index in [0.29, 0.717) is 6.04 Å². The van der Waals surface area contributed by atoms with Gasteiger partial charge >= 0.3 is 0 Å². The van der Waals surface area contributed by atoms with Gasteiger partial charge in [-0.1, -0.05) is 0 Å². The third-order valence-corrected chi connectivity index (χ3v) is 4.22. The zero-order chi connectivity index (χ0) is 8.84. The molecule has 3 aliphatic rings. The lowest BCUT2D eigenvalue weighted by Crippen LogP contribution is -2.56.